The van der Waals surface area contributed by atoms with Gasteiger partial charge >= 0.3 is 6.18 Å². The molecule has 2 aromatic heterocycles. The van der Waals surface area contributed by atoms with Crippen molar-refractivity contribution in [3.05, 3.63) is 54.4 Å². The fourth-order valence-corrected chi connectivity index (χ4v) is 4.75. The number of piperidine rings is 1. The molecule has 3 heterocycles. The Balaban J connectivity index is 1.53. The Morgan fingerprint density at radius 2 is 1.92 bits per heavy atom. The predicted molar refractivity (Wildman–Crippen MR) is 129 cm³/mol. The molecule has 1 unspecified atom stereocenters. The highest BCUT2D eigenvalue weighted by molar-refractivity contribution is 7.92. The third-order valence-electron chi connectivity index (χ3n) is 5.48. The van der Waals surface area contributed by atoms with Crippen molar-refractivity contribution in [2.24, 2.45) is 0 Å². The van der Waals surface area contributed by atoms with Gasteiger partial charge in [0, 0.05) is 37.1 Å². The zero-order chi connectivity index (χ0) is 27.3. The van der Waals surface area contributed by atoms with Crippen molar-refractivity contribution in [3.63, 3.8) is 0 Å². The molecule has 1 saturated heterocycles. The molecule has 1 fully saturated rings. The summed E-state index contributed by atoms with van der Waals surface area (Å²) in [6.45, 7) is 1.70. The summed E-state index contributed by atoms with van der Waals surface area (Å²) in [5.41, 5.74) is -0.122. The van der Waals surface area contributed by atoms with Gasteiger partial charge in [-0.25, -0.2) is 32.2 Å². The van der Waals surface area contributed by atoms with Crippen LogP contribution >= 0.6 is 0 Å². The molecule has 38 heavy (non-hydrogen) atoms. The van der Waals surface area contributed by atoms with E-state index in [1.165, 1.54) is 12.4 Å². The third-order valence-corrected chi connectivity index (χ3v) is 6.75. The molecule has 0 radical (unpaired) electrons. The van der Waals surface area contributed by atoms with Crippen LogP contribution in [0, 0.1) is 11.6 Å². The molecular weight excluding hydrogens is 535 g/mol. The quantitative estimate of drug-likeness (QED) is 0.330. The number of benzene rings is 1. The van der Waals surface area contributed by atoms with Gasteiger partial charge in [-0.15, -0.1) is 0 Å². The van der Waals surface area contributed by atoms with Gasteiger partial charge in [-0.1, -0.05) is 0 Å². The second kappa shape index (κ2) is 11.4. The number of pyridine rings is 1. The van der Waals surface area contributed by atoms with Crippen LogP contribution in [0.5, 0.6) is 11.6 Å². The second-order valence-electron chi connectivity index (χ2n) is 8.46. The minimum absolute atomic E-state index is 0.117. The number of hydrogen-bond donors (Lipinski definition) is 3. The molecule has 1 aliphatic rings. The van der Waals surface area contributed by atoms with E-state index >= 15 is 0 Å². The number of sulfonamides is 1. The van der Waals surface area contributed by atoms with Crippen LogP contribution in [0.25, 0.3) is 11.3 Å². The molecule has 3 aromatic rings. The van der Waals surface area contributed by atoms with Gasteiger partial charge in [0.1, 0.15) is 0 Å². The number of rotatable bonds is 9. The molecule has 4 rings (SSSR count). The Morgan fingerprint density at radius 1 is 1.11 bits per heavy atom. The first-order chi connectivity index (χ1) is 18.0. The molecule has 15 heteroatoms. The summed E-state index contributed by atoms with van der Waals surface area (Å²) in [5.74, 6) is -4.16. The monoisotopic (exact) mass is 558 g/mol. The van der Waals surface area contributed by atoms with Crippen molar-refractivity contribution in [1.29, 1.82) is 0 Å². The average molecular weight is 559 g/mol. The van der Waals surface area contributed by atoms with Crippen molar-refractivity contribution in [2.45, 2.75) is 31.5 Å². The summed E-state index contributed by atoms with van der Waals surface area (Å²) in [6, 6.07) is 5.97. The zero-order valence-corrected chi connectivity index (χ0v) is 20.5. The first-order valence-corrected chi connectivity index (χ1v) is 13.1. The minimum atomic E-state index is -4.73. The summed E-state index contributed by atoms with van der Waals surface area (Å²) in [5, 5.41) is 6.52. The lowest BCUT2D eigenvalue weighted by Crippen LogP contribution is -2.38. The molecule has 0 spiro atoms. The van der Waals surface area contributed by atoms with Crippen LogP contribution in [0.1, 0.15) is 19.3 Å². The van der Waals surface area contributed by atoms with Gasteiger partial charge in [0.25, 0.3) is 0 Å². The maximum Gasteiger partial charge on any atom is 0.390 e. The fraction of sp³-hybridized carbons (Fsp3) is 0.348. The first kappa shape index (κ1) is 27.4. The maximum absolute atomic E-state index is 14.7. The predicted octanol–water partition coefficient (Wildman–Crippen LogP) is 4.47. The van der Waals surface area contributed by atoms with E-state index in [0.29, 0.717) is 29.3 Å². The number of halogens is 5. The first-order valence-electron chi connectivity index (χ1n) is 11.5. The van der Waals surface area contributed by atoms with Gasteiger partial charge in [-0.05, 0) is 37.6 Å². The smallest absolute Gasteiger partial charge is 0.390 e. The summed E-state index contributed by atoms with van der Waals surface area (Å²) in [7, 11) is -4.59. The van der Waals surface area contributed by atoms with Crippen LogP contribution in [0.3, 0.4) is 0 Å². The molecule has 1 aliphatic heterocycles. The average Bonchev–Trinajstić information content (AvgIpc) is 2.86. The summed E-state index contributed by atoms with van der Waals surface area (Å²) >= 11 is 0. The summed E-state index contributed by atoms with van der Waals surface area (Å²) in [6.07, 6.45) is -1.53. The molecule has 3 N–H and O–H groups in total. The minimum Gasteiger partial charge on any atom is -0.435 e. The van der Waals surface area contributed by atoms with Gasteiger partial charge in [-0.3, -0.25) is 4.72 Å². The molecule has 1 atom stereocenters. The lowest BCUT2D eigenvalue weighted by atomic mass is 10.1. The lowest BCUT2D eigenvalue weighted by Gasteiger charge is -2.23. The van der Waals surface area contributed by atoms with Gasteiger partial charge in [-0.2, -0.15) is 13.2 Å². The van der Waals surface area contributed by atoms with Crippen LogP contribution in [0.15, 0.2) is 42.7 Å². The summed E-state index contributed by atoms with van der Waals surface area (Å²) in [4.78, 5) is 12.8. The van der Waals surface area contributed by atoms with E-state index in [0.717, 1.165) is 25.9 Å². The Hall–Kier alpha value is -3.59. The highest BCUT2D eigenvalue weighted by Gasteiger charge is 2.30. The van der Waals surface area contributed by atoms with Crippen LogP contribution in [0.2, 0.25) is 0 Å². The molecule has 0 bridgehead atoms. The SMILES string of the molecule is O=S(=O)(CCC(F)(F)F)Nc1cc(F)c(Oc2ncccc2-c2ccnc(NC3CCCNC3)n2)cc1F. The van der Waals surface area contributed by atoms with Crippen LogP contribution < -0.4 is 20.1 Å². The number of ether oxygens (including phenoxy) is 1. The van der Waals surface area contributed by atoms with E-state index in [1.807, 2.05) is 0 Å². The molecule has 204 valence electrons. The van der Waals surface area contributed by atoms with E-state index in [-0.39, 0.29) is 11.9 Å². The normalized spacial score (nSPS) is 16.2. The van der Waals surface area contributed by atoms with E-state index in [1.54, 1.807) is 22.9 Å². The summed E-state index contributed by atoms with van der Waals surface area (Å²) < 4.78 is 97.3. The van der Waals surface area contributed by atoms with Crippen LogP contribution in [0.4, 0.5) is 33.6 Å². The largest absolute Gasteiger partial charge is 0.435 e. The lowest BCUT2D eigenvalue weighted by molar-refractivity contribution is -0.129. The molecule has 0 amide bonds. The number of nitrogens with one attached hydrogen (secondary N) is 3. The van der Waals surface area contributed by atoms with Crippen molar-refractivity contribution < 1.29 is 35.1 Å². The van der Waals surface area contributed by atoms with Crippen molar-refractivity contribution >= 4 is 21.7 Å². The standard InChI is InChI=1S/C23H23F5N6O3S/c24-16-12-20(17(25)11-19(16)34-38(35,36)10-6-23(26,27)28)37-21-15(4-2-8-30-21)18-5-9-31-22(33-18)32-14-3-1-7-29-13-14/h2,4-5,8-9,11-12,14,29,34H,1,3,6-7,10,13H2,(H,31,32,33). The Kier molecular flexibility index (Phi) is 8.26. The molecule has 1 aromatic carbocycles. The van der Waals surface area contributed by atoms with Gasteiger partial charge in [0.2, 0.25) is 21.9 Å². The van der Waals surface area contributed by atoms with Crippen LogP contribution in [-0.2, 0) is 10.0 Å². The zero-order valence-electron chi connectivity index (χ0n) is 19.7. The van der Waals surface area contributed by atoms with Gasteiger partial charge in [0.15, 0.2) is 17.4 Å². The number of hydrogen-bond acceptors (Lipinski definition) is 8. The number of aromatic nitrogens is 3. The molecule has 0 aliphatic carbocycles. The molecule has 0 saturated carbocycles. The van der Waals surface area contributed by atoms with Crippen LogP contribution in [-0.4, -0.2) is 54.4 Å². The molecule has 9 nitrogen and oxygen atoms in total. The van der Waals surface area contributed by atoms with Gasteiger partial charge < -0.3 is 15.4 Å². The Labute approximate surface area is 214 Å². The highest BCUT2D eigenvalue weighted by atomic mass is 32.2. The Bertz CT molecular complexity index is 1380. The fourth-order valence-electron chi connectivity index (χ4n) is 3.66. The Morgan fingerprint density at radius 3 is 2.66 bits per heavy atom. The van der Waals surface area contributed by atoms with Gasteiger partial charge in [0.05, 0.1) is 29.1 Å². The third kappa shape index (κ3) is 7.47. The second-order valence-corrected chi connectivity index (χ2v) is 10.3. The van der Waals surface area contributed by atoms with E-state index < -0.39 is 51.4 Å². The maximum atomic E-state index is 14.7. The highest BCUT2D eigenvalue weighted by Crippen LogP contribution is 2.34. The van der Waals surface area contributed by atoms with E-state index in [2.05, 4.69) is 25.6 Å². The van der Waals surface area contributed by atoms with Crippen molar-refractivity contribution in [1.82, 2.24) is 20.3 Å². The number of anilines is 2. The van der Waals surface area contributed by atoms with E-state index in [9.17, 15) is 30.4 Å². The molecular formula is C23H23F5N6O3S. The van der Waals surface area contributed by atoms with E-state index in [4.69, 9.17) is 4.74 Å². The number of alkyl halides is 3. The number of nitrogens with zero attached hydrogens (tertiary/aromatic N) is 3. The van der Waals surface area contributed by atoms with Crippen molar-refractivity contribution in [3.8, 4) is 22.9 Å². The van der Waals surface area contributed by atoms with Crippen molar-refractivity contribution in [2.75, 3.05) is 28.9 Å². The topological polar surface area (TPSA) is 118 Å².